The summed E-state index contributed by atoms with van der Waals surface area (Å²) >= 11 is 0. The van der Waals surface area contributed by atoms with Gasteiger partial charge in [-0.2, -0.15) is 4.72 Å². The average Bonchev–Trinajstić information content (AvgIpc) is 3.48. The summed E-state index contributed by atoms with van der Waals surface area (Å²) in [5, 5.41) is 3.03. The lowest BCUT2D eigenvalue weighted by Crippen LogP contribution is -2.50. The third kappa shape index (κ3) is 5.45. The Hall–Kier alpha value is -2.71. The molecule has 2 aromatic rings. The van der Waals surface area contributed by atoms with Crippen molar-refractivity contribution in [2.24, 2.45) is 0 Å². The minimum atomic E-state index is -3.94. The van der Waals surface area contributed by atoms with Gasteiger partial charge >= 0.3 is 0 Å². The third-order valence-corrected chi connectivity index (χ3v) is 7.93. The summed E-state index contributed by atoms with van der Waals surface area (Å²) in [6.07, 6.45) is 5.28. The Labute approximate surface area is 195 Å². The molecule has 1 fully saturated rings. The Morgan fingerprint density at radius 3 is 2.52 bits per heavy atom. The maximum Gasteiger partial charge on any atom is 0.241 e. The van der Waals surface area contributed by atoms with Crippen LogP contribution in [0.25, 0.3) is 0 Å². The van der Waals surface area contributed by atoms with E-state index in [1.165, 1.54) is 6.07 Å². The van der Waals surface area contributed by atoms with Crippen LogP contribution in [0, 0.1) is 0 Å². The highest BCUT2D eigenvalue weighted by molar-refractivity contribution is 7.89. The highest BCUT2D eigenvalue weighted by Crippen LogP contribution is 2.30. The molecule has 0 aromatic heterocycles. The second-order valence-electron chi connectivity index (χ2n) is 8.79. The molecule has 0 radical (unpaired) electrons. The number of nitrogens with one attached hydrogen (secondary N) is 2. The predicted octanol–water partition coefficient (Wildman–Crippen LogP) is 2.93. The van der Waals surface area contributed by atoms with Crippen LogP contribution in [-0.2, 0) is 32.5 Å². The molecule has 2 aliphatic rings. The molecule has 0 bridgehead atoms. The summed E-state index contributed by atoms with van der Waals surface area (Å²) < 4.78 is 29.2. The van der Waals surface area contributed by atoms with Gasteiger partial charge in [0.15, 0.2) is 0 Å². The van der Waals surface area contributed by atoms with E-state index < -0.39 is 16.1 Å². The quantitative estimate of drug-likeness (QED) is 0.621. The van der Waals surface area contributed by atoms with Crippen LogP contribution in [0.5, 0.6) is 0 Å². The Bertz CT molecular complexity index is 1110. The van der Waals surface area contributed by atoms with Crippen molar-refractivity contribution < 1.29 is 18.0 Å². The maximum atomic E-state index is 13.3. The molecular weight excluding hydrogens is 438 g/mol. The first kappa shape index (κ1) is 23.4. The Morgan fingerprint density at radius 2 is 1.82 bits per heavy atom. The number of carbonyl (C=O) groups excluding carboxylic acids is 2. The molecule has 2 N–H and O–H groups in total. The molecule has 176 valence electrons. The zero-order valence-corrected chi connectivity index (χ0v) is 19.7. The Balaban J connectivity index is 1.55. The van der Waals surface area contributed by atoms with Crippen molar-refractivity contribution in [2.45, 2.75) is 68.8 Å². The number of fused-ring (bicyclic) bond motifs is 1. The van der Waals surface area contributed by atoms with Crippen molar-refractivity contribution in [1.82, 2.24) is 10.0 Å². The first-order chi connectivity index (χ1) is 15.9. The van der Waals surface area contributed by atoms with Crippen molar-refractivity contribution in [3.05, 3.63) is 59.7 Å². The molecule has 2 amide bonds. The molecule has 1 atom stereocenters. The molecule has 1 aliphatic carbocycles. The Morgan fingerprint density at radius 1 is 1.09 bits per heavy atom. The third-order valence-electron chi connectivity index (χ3n) is 6.46. The first-order valence-electron chi connectivity index (χ1n) is 11.7. The van der Waals surface area contributed by atoms with Gasteiger partial charge in [-0.15, -0.1) is 0 Å². The van der Waals surface area contributed by atoms with Gasteiger partial charge in [0.25, 0.3) is 0 Å². The van der Waals surface area contributed by atoms with Gasteiger partial charge in [0.1, 0.15) is 6.04 Å². The molecule has 0 spiro atoms. The van der Waals surface area contributed by atoms with Gasteiger partial charge in [-0.3, -0.25) is 9.59 Å². The molecule has 1 heterocycles. The molecule has 7 nitrogen and oxygen atoms in total. The summed E-state index contributed by atoms with van der Waals surface area (Å²) in [5.74, 6) is -0.274. The van der Waals surface area contributed by atoms with Crippen molar-refractivity contribution in [3.63, 3.8) is 0 Å². The second kappa shape index (κ2) is 10.1. The van der Waals surface area contributed by atoms with Crippen LogP contribution in [0.1, 0.15) is 50.2 Å². The molecule has 0 unspecified atom stereocenters. The summed E-state index contributed by atoms with van der Waals surface area (Å²) in [6, 6.07) is 13.4. The molecule has 1 aliphatic heterocycles. The Kier molecular flexibility index (Phi) is 7.14. The van der Waals surface area contributed by atoms with E-state index in [1.807, 2.05) is 37.3 Å². The number of rotatable bonds is 8. The summed E-state index contributed by atoms with van der Waals surface area (Å²) in [7, 11) is -3.94. The standard InChI is InChI=1S/C25H31N3O4S/c1-2-24(29)28-15-14-19-17-21(12-13-23(19)28)33(31,32)27-22(16-18-8-4-3-5-9-18)25(30)26-20-10-6-7-11-20/h3-5,8-9,12-13,17,20,22,27H,2,6-7,10-11,14-16H2,1H3,(H,26,30)/t22-/m0/s1. The monoisotopic (exact) mass is 469 g/mol. The molecule has 2 aromatic carbocycles. The number of sulfonamides is 1. The maximum absolute atomic E-state index is 13.3. The molecule has 8 heteroatoms. The number of hydrogen-bond donors (Lipinski definition) is 2. The van der Waals surface area contributed by atoms with E-state index in [-0.39, 0.29) is 29.2 Å². The van der Waals surface area contributed by atoms with Gasteiger partial charge < -0.3 is 10.2 Å². The fourth-order valence-corrected chi connectivity index (χ4v) is 5.91. The second-order valence-corrected chi connectivity index (χ2v) is 10.5. The van der Waals surface area contributed by atoms with E-state index in [0.717, 1.165) is 42.5 Å². The van der Waals surface area contributed by atoms with Crippen LogP contribution >= 0.6 is 0 Å². The minimum absolute atomic E-state index is 0.0222. The normalized spacial score (nSPS) is 17.1. The van der Waals surface area contributed by atoms with Crippen molar-refractivity contribution in [2.75, 3.05) is 11.4 Å². The van der Waals surface area contributed by atoms with Gasteiger partial charge in [-0.25, -0.2) is 8.42 Å². The van der Waals surface area contributed by atoms with Crippen LogP contribution in [0.4, 0.5) is 5.69 Å². The van der Waals surface area contributed by atoms with E-state index in [2.05, 4.69) is 10.0 Å². The number of carbonyl (C=O) groups is 2. The number of amides is 2. The lowest BCUT2D eigenvalue weighted by molar-refractivity contribution is -0.123. The molecule has 1 saturated carbocycles. The zero-order chi connectivity index (χ0) is 23.4. The molecular formula is C25H31N3O4S. The lowest BCUT2D eigenvalue weighted by Gasteiger charge is -2.21. The lowest BCUT2D eigenvalue weighted by atomic mass is 10.1. The average molecular weight is 470 g/mol. The summed E-state index contributed by atoms with van der Waals surface area (Å²) in [4.78, 5) is 27.0. The number of benzene rings is 2. The highest BCUT2D eigenvalue weighted by Gasteiger charge is 2.30. The van der Waals surface area contributed by atoms with Gasteiger partial charge in [0, 0.05) is 24.7 Å². The van der Waals surface area contributed by atoms with Crippen molar-refractivity contribution in [3.8, 4) is 0 Å². The van der Waals surface area contributed by atoms with Gasteiger partial charge in [0.2, 0.25) is 21.8 Å². The molecule has 33 heavy (non-hydrogen) atoms. The number of anilines is 1. The minimum Gasteiger partial charge on any atom is -0.352 e. The van der Waals surface area contributed by atoms with Crippen molar-refractivity contribution in [1.29, 1.82) is 0 Å². The van der Waals surface area contributed by atoms with E-state index in [9.17, 15) is 18.0 Å². The zero-order valence-electron chi connectivity index (χ0n) is 18.9. The van der Waals surface area contributed by atoms with E-state index in [0.29, 0.717) is 19.4 Å². The first-order valence-corrected chi connectivity index (χ1v) is 13.2. The van der Waals surface area contributed by atoms with Gasteiger partial charge in [0.05, 0.1) is 4.90 Å². The van der Waals surface area contributed by atoms with Gasteiger partial charge in [-0.05, 0) is 55.0 Å². The predicted molar refractivity (Wildman–Crippen MR) is 127 cm³/mol. The molecule has 4 rings (SSSR count). The summed E-state index contributed by atoms with van der Waals surface area (Å²) in [5.41, 5.74) is 2.48. The van der Waals surface area contributed by atoms with Crippen LogP contribution in [0.15, 0.2) is 53.4 Å². The van der Waals surface area contributed by atoms with E-state index >= 15 is 0 Å². The van der Waals surface area contributed by atoms with Crippen LogP contribution in [-0.4, -0.2) is 38.9 Å². The SMILES string of the molecule is CCC(=O)N1CCc2cc(S(=O)(=O)N[C@@H](Cc3ccccc3)C(=O)NC3CCCC3)ccc21. The van der Waals surface area contributed by atoms with Gasteiger partial charge in [-0.1, -0.05) is 50.1 Å². The van der Waals surface area contributed by atoms with E-state index in [1.54, 1.807) is 17.0 Å². The number of hydrogen-bond acceptors (Lipinski definition) is 4. The number of nitrogens with zero attached hydrogens (tertiary/aromatic N) is 1. The van der Waals surface area contributed by atoms with Crippen LogP contribution in [0.3, 0.4) is 0 Å². The molecule has 0 saturated heterocycles. The highest BCUT2D eigenvalue weighted by atomic mass is 32.2. The largest absolute Gasteiger partial charge is 0.352 e. The van der Waals surface area contributed by atoms with Crippen LogP contribution in [0.2, 0.25) is 0 Å². The van der Waals surface area contributed by atoms with Crippen molar-refractivity contribution >= 4 is 27.5 Å². The topological polar surface area (TPSA) is 95.6 Å². The fraction of sp³-hybridized carbons (Fsp3) is 0.440. The summed E-state index contributed by atoms with van der Waals surface area (Å²) in [6.45, 7) is 2.37. The smallest absolute Gasteiger partial charge is 0.241 e. The van der Waals surface area contributed by atoms with Crippen LogP contribution < -0.4 is 14.9 Å². The van der Waals surface area contributed by atoms with E-state index in [4.69, 9.17) is 0 Å². The fourth-order valence-electron chi connectivity index (χ4n) is 4.66.